The Morgan fingerprint density at radius 2 is 1.82 bits per heavy atom. The summed E-state index contributed by atoms with van der Waals surface area (Å²) in [5.41, 5.74) is 10.3. The van der Waals surface area contributed by atoms with Crippen LogP contribution in [0.3, 0.4) is 0 Å². The number of hydrogen-bond donors (Lipinski definition) is 1. The van der Waals surface area contributed by atoms with E-state index < -0.39 is 0 Å². The summed E-state index contributed by atoms with van der Waals surface area (Å²) in [7, 11) is 1.74. The van der Waals surface area contributed by atoms with Crippen LogP contribution in [0.1, 0.15) is 12.5 Å². The number of aromatic nitrogens is 1. The average molecular weight is 407 g/mol. The van der Waals surface area contributed by atoms with Crippen molar-refractivity contribution >= 4 is 50.6 Å². The summed E-state index contributed by atoms with van der Waals surface area (Å²) in [4.78, 5) is 24.2. The predicted molar refractivity (Wildman–Crippen MR) is 118 cm³/mol. The Morgan fingerprint density at radius 1 is 1.11 bits per heavy atom. The lowest BCUT2D eigenvalue weighted by Crippen LogP contribution is -2.23. The number of nitrogens with two attached hydrogens (primary N) is 1. The van der Waals surface area contributed by atoms with Gasteiger partial charge in [-0.3, -0.25) is 9.69 Å². The van der Waals surface area contributed by atoms with E-state index >= 15 is 0 Å². The van der Waals surface area contributed by atoms with Crippen LogP contribution in [0.5, 0.6) is 0 Å². The zero-order valence-electron chi connectivity index (χ0n) is 15.4. The lowest BCUT2D eigenvalue weighted by atomic mass is 10.1. The van der Waals surface area contributed by atoms with E-state index in [0.29, 0.717) is 20.9 Å². The van der Waals surface area contributed by atoms with Gasteiger partial charge in [-0.25, -0.2) is 4.98 Å². The maximum Gasteiger partial charge on any atom is 0.266 e. The Balaban J connectivity index is 1.63. The van der Waals surface area contributed by atoms with Crippen molar-refractivity contribution in [3.05, 3.63) is 70.4 Å². The molecule has 1 saturated heterocycles. The van der Waals surface area contributed by atoms with Crippen LogP contribution in [0, 0.1) is 0 Å². The van der Waals surface area contributed by atoms with Crippen LogP contribution in [0.25, 0.3) is 16.8 Å². The Labute approximate surface area is 171 Å². The fourth-order valence-corrected chi connectivity index (χ4v) is 4.56. The number of thioether (sulfide) groups is 1. The van der Waals surface area contributed by atoms with Crippen molar-refractivity contribution in [3.63, 3.8) is 0 Å². The van der Waals surface area contributed by atoms with Gasteiger partial charge in [-0.05, 0) is 42.0 Å². The number of carbonyl (C=O) groups excluding carboxylic acids is 1. The van der Waals surface area contributed by atoms with Crippen molar-refractivity contribution in [2.24, 2.45) is 4.99 Å². The molecule has 0 atom stereocenters. The van der Waals surface area contributed by atoms with Gasteiger partial charge in [0.05, 0.1) is 10.6 Å². The molecule has 0 aliphatic carbocycles. The maximum atomic E-state index is 12.7. The summed E-state index contributed by atoms with van der Waals surface area (Å²) >= 11 is 2.84. The van der Waals surface area contributed by atoms with Gasteiger partial charge >= 0.3 is 0 Å². The topological polar surface area (TPSA) is 71.6 Å². The Morgan fingerprint density at radius 3 is 2.54 bits per heavy atom. The van der Waals surface area contributed by atoms with Gasteiger partial charge in [-0.1, -0.05) is 42.5 Å². The van der Waals surface area contributed by atoms with Crippen molar-refractivity contribution in [1.29, 1.82) is 0 Å². The molecule has 0 radical (unpaired) electrons. The number of nitrogen functional groups attached to an aromatic ring is 1. The summed E-state index contributed by atoms with van der Waals surface area (Å²) in [6.45, 7) is 1.94. The van der Waals surface area contributed by atoms with Gasteiger partial charge in [-0.15, -0.1) is 11.3 Å². The van der Waals surface area contributed by atoms with E-state index in [9.17, 15) is 4.79 Å². The second kappa shape index (κ2) is 7.61. The van der Waals surface area contributed by atoms with E-state index in [0.717, 1.165) is 22.4 Å². The molecule has 1 aromatic heterocycles. The number of anilines is 1. The van der Waals surface area contributed by atoms with Gasteiger partial charge in [0.2, 0.25) is 5.13 Å². The Bertz CT molecular complexity index is 1090. The number of rotatable bonds is 3. The number of thiazole rings is 1. The van der Waals surface area contributed by atoms with E-state index in [1.54, 1.807) is 11.9 Å². The fraction of sp³-hybridized carbons (Fsp3) is 0.0952. The third-order valence-electron chi connectivity index (χ3n) is 4.42. The minimum atomic E-state index is -0.0575. The van der Waals surface area contributed by atoms with Crippen LogP contribution in [0.15, 0.2) is 69.9 Å². The number of nitrogens with zero attached hydrogens (tertiary/aromatic N) is 3. The molecule has 5 nitrogen and oxygen atoms in total. The van der Waals surface area contributed by atoms with Crippen molar-refractivity contribution in [1.82, 2.24) is 9.88 Å². The van der Waals surface area contributed by atoms with E-state index in [4.69, 9.17) is 5.73 Å². The quantitative estimate of drug-likeness (QED) is 0.490. The highest BCUT2D eigenvalue weighted by atomic mass is 32.2. The maximum absolute atomic E-state index is 12.7. The average Bonchev–Trinajstić information content (AvgIpc) is 3.29. The molecule has 140 valence electrons. The first-order valence-electron chi connectivity index (χ1n) is 8.65. The van der Waals surface area contributed by atoms with E-state index in [1.165, 1.54) is 23.1 Å². The third-order valence-corrected chi connectivity index (χ3v) is 6.38. The monoisotopic (exact) mass is 406 g/mol. The molecule has 0 saturated carbocycles. The highest BCUT2D eigenvalue weighted by Gasteiger charge is 2.32. The molecule has 0 spiro atoms. The standard InChI is InChI=1S/C21H18N4OS2/c1-13(14-8-10-16(22)11-9-14)18-19(26)25(2)21(28-18)24-20-23-17(12-27-20)15-6-4-3-5-7-15/h3-12H,22H2,1-2H3/b18-13-,24-21+. The van der Waals surface area contributed by atoms with Crippen LogP contribution in [0.4, 0.5) is 10.8 Å². The van der Waals surface area contributed by atoms with Gasteiger partial charge in [-0.2, -0.15) is 4.99 Å². The smallest absolute Gasteiger partial charge is 0.266 e. The number of benzene rings is 2. The normalized spacial score (nSPS) is 17.4. The lowest BCUT2D eigenvalue weighted by Gasteiger charge is -2.07. The first kappa shape index (κ1) is 18.5. The molecular weight excluding hydrogens is 388 g/mol. The number of hydrogen-bond acceptors (Lipinski definition) is 6. The number of carbonyl (C=O) groups is 1. The molecule has 1 aliphatic rings. The summed E-state index contributed by atoms with van der Waals surface area (Å²) < 4.78 is 0. The van der Waals surface area contributed by atoms with Crippen molar-refractivity contribution in [3.8, 4) is 11.3 Å². The number of amides is 1. The van der Waals surface area contributed by atoms with Gasteiger partial charge in [0.25, 0.3) is 5.91 Å². The Hall–Kier alpha value is -2.90. The molecule has 2 aromatic carbocycles. The number of amidine groups is 1. The van der Waals surface area contributed by atoms with Crippen LogP contribution < -0.4 is 5.73 Å². The van der Waals surface area contributed by atoms with Gasteiger partial charge in [0.15, 0.2) is 5.17 Å². The van der Waals surface area contributed by atoms with E-state index in [1.807, 2.05) is 66.9 Å². The summed E-state index contributed by atoms with van der Waals surface area (Å²) in [6.07, 6.45) is 0. The molecule has 4 rings (SSSR count). The van der Waals surface area contributed by atoms with Crippen LogP contribution in [0.2, 0.25) is 0 Å². The second-order valence-corrected chi connectivity index (χ2v) is 8.13. The first-order valence-corrected chi connectivity index (χ1v) is 10.3. The number of likely N-dealkylation sites (N-methyl/N-ethyl adjacent to an activating group) is 1. The number of aliphatic imine (C=N–C) groups is 1. The molecule has 0 unspecified atom stereocenters. The molecule has 2 N–H and O–H groups in total. The highest BCUT2D eigenvalue weighted by Crippen LogP contribution is 2.37. The van der Waals surface area contributed by atoms with Crippen LogP contribution in [-0.2, 0) is 4.79 Å². The molecule has 0 bridgehead atoms. The third kappa shape index (κ3) is 3.58. The van der Waals surface area contributed by atoms with E-state index in [-0.39, 0.29) is 5.91 Å². The van der Waals surface area contributed by atoms with Gasteiger partial charge in [0.1, 0.15) is 0 Å². The summed E-state index contributed by atoms with van der Waals surface area (Å²) in [5, 5.41) is 3.24. The first-order chi connectivity index (χ1) is 13.5. The lowest BCUT2D eigenvalue weighted by molar-refractivity contribution is -0.121. The van der Waals surface area contributed by atoms with Crippen LogP contribution in [-0.4, -0.2) is 28.0 Å². The molecule has 3 aromatic rings. The van der Waals surface area contributed by atoms with Crippen molar-refractivity contribution in [2.45, 2.75) is 6.92 Å². The minimum Gasteiger partial charge on any atom is -0.399 e. The van der Waals surface area contributed by atoms with Gasteiger partial charge in [0, 0.05) is 23.7 Å². The Kier molecular flexibility index (Phi) is 5.02. The van der Waals surface area contributed by atoms with Crippen LogP contribution >= 0.6 is 23.1 Å². The zero-order valence-corrected chi connectivity index (χ0v) is 17.1. The SMILES string of the molecule is C/C(=C1/S/C(=N/c2nc(-c3ccccc3)cs2)N(C)C1=O)c1ccc(N)cc1. The molecule has 28 heavy (non-hydrogen) atoms. The summed E-state index contributed by atoms with van der Waals surface area (Å²) in [5.74, 6) is -0.0575. The predicted octanol–water partition coefficient (Wildman–Crippen LogP) is 5.02. The second-order valence-electron chi connectivity index (χ2n) is 6.32. The van der Waals surface area contributed by atoms with Crippen molar-refractivity contribution < 1.29 is 4.79 Å². The fourth-order valence-electron chi connectivity index (χ4n) is 2.78. The molecular formula is C21H18N4OS2. The highest BCUT2D eigenvalue weighted by molar-refractivity contribution is 8.18. The number of allylic oxidation sites excluding steroid dienone is 1. The molecule has 1 aliphatic heterocycles. The summed E-state index contributed by atoms with van der Waals surface area (Å²) in [6, 6.07) is 17.5. The molecule has 2 heterocycles. The van der Waals surface area contributed by atoms with Crippen molar-refractivity contribution in [2.75, 3.05) is 12.8 Å². The molecule has 1 fully saturated rings. The molecule has 1 amide bonds. The van der Waals surface area contributed by atoms with E-state index in [2.05, 4.69) is 9.98 Å². The van der Waals surface area contributed by atoms with Gasteiger partial charge < -0.3 is 5.73 Å². The molecule has 7 heteroatoms. The zero-order chi connectivity index (χ0) is 19.7. The largest absolute Gasteiger partial charge is 0.399 e. The minimum absolute atomic E-state index is 0.0575.